The molecule has 0 bridgehead atoms. The van der Waals surface area contributed by atoms with E-state index in [9.17, 15) is 13.2 Å². The largest absolute Gasteiger partial charge is 0.354 e. The Labute approximate surface area is 166 Å². The van der Waals surface area contributed by atoms with Gasteiger partial charge in [0.15, 0.2) is 5.76 Å². The molecule has 1 aromatic heterocycles. The van der Waals surface area contributed by atoms with E-state index in [0.717, 1.165) is 5.56 Å². The first kappa shape index (κ1) is 21.8. The third kappa shape index (κ3) is 5.53. The van der Waals surface area contributed by atoms with Crippen molar-refractivity contribution in [1.29, 1.82) is 0 Å². The van der Waals surface area contributed by atoms with E-state index in [1.165, 1.54) is 0 Å². The molecule has 8 heteroatoms. The lowest BCUT2D eigenvalue weighted by atomic mass is 10.0. The van der Waals surface area contributed by atoms with E-state index in [2.05, 4.69) is 15.2 Å². The lowest BCUT2D eigenvalue weighted by Crippen LogP contribution is -2.42. The molecule has 152 valence electrons. The summed E-state index contributed by atoms with van der Waals surface area (Å²) in [5.74, 6) is 0.306. The molecule has 0 unspecified atom stereocenters. The van der Waals surface area contributed by atoms with Crippen molar-refractivity contribution < 1.29 is 17.7 Å². The minimum atomic E-state index is -3.58. The number of hydrogen-bond donors (Lipinski definition) is 2. The second-order valence-corrected chi connectivity index (χ2v) is 8.84. The number of rotatable bonds is 8. The molecule has 0 atom stereocenters. The molecule has 0 aliphatic rings. The van der Waals surface area contributed by atoms with Crippen LogP contribution in [0.15, 0.2) is 33.7 Å². The number of nitrogens with one attached hydrogen (secondary N) is 2. The number of amides is 1. The number of aryl methyl sites for hydroxylation is 1. The number of nitrogens with zero attached hydrogens (tertiary/aromatic N) is 1. The van der Waals surface area contributed by atoms with Crippen LogP contribution in [0.25, 0.3) is 12.2 Å². The van der Waals surface area contributed by atoms with Crippen molar-refractivity contribution in [2.45, 2.75) is 57.9 Å². The summed E-state index contributed by atoms with van der Waals surface area (Å²) < 4.78 is 32.9. The molecule has 1 heterocycles. The van der Waals surface area contributed by atoms with Gasteiger partial charge in [0.2, 0.25) is 15.9 Å². The summed E-state index contributed by atoms with van der Waals surface area (Å²) in [5, 5.41) is 6.64. The predicted octanol–water partition coefficient (Wildman–Crippen LogP) is 3.97. The van der Waals surface area contributed by atoms with Gasteiger partial charge in [-0.25, -0.2) is 13.1 Å². The molecule has 28 heavy (non-hydrogen) atoms. The summed E-state index contributed by atoms with van der Waals surface area (Å²) in [6.07, 6.45) is 4.49. The smallest absolute Gasteiger partial charge is 0.241 e. The Kier molecular flexibility index (Phi) is 6.79. The van der Waals surface area contributed by atoms with Gasteiger partial charge in [-0.05, 0) is 51.0 Å². The third-order valence-electron chi connectivity index (χ3n) is 4.39. The van der Waals surface area contributed by atoms with E-state index in [1.807, 2.05) is 20.8 Å². The average molecular weight is 406 g/mol. The Morgan fingerprint density at radius 3 is 2.39 bits per heavy atom. The normalized spacial score (nSPS) is 12.5. The standard InChI is InChI=1S/C20H27N3O4S/c1-6-18(24)21-19-14(3)22-27-17(19)13-10-15-8-11-16(12-9-15)28(25,26)23-20(4,5)7-2/h8-13,23H,6-7H2,1-5H3,(H,21,24)/b13-10-. The van der Waals surface area contributed by atoms with Crippen LogP contribution in [0.1, 0.15) is 57.6 Å². The van der Waals surface area contributed by atoms with E-state index in [1.54, 1.807) is 50.3 Å². The lowest BCUT2D eigenvalue weighted by molar-refractivity contribution is -0.115. The van der Waals surface area contributed by atoms with Crippen molar-refractivity contribution >= 4 is 33.8 Å². The van der Waals surface area contributed by atoms with Crippen LogP contribution in [-0.2, 0) is 14.8 Å². The molecule has 1 amide bonds. The molecule has 2 aromatic rings. The van der Waals surface area contributed by atoms with Gasteiger partial charge in [0.05, 0.1) is 4.90 Å². The van der Waals surface area contributed by atoms with Crippen LogP contribution < -0.4 is 10.0 Å². The molecule has 2 N–H and O–H groups in total. The van der Waals surface area contributed by atoms with Crippen LogP contribution in [0.2, 0.25) is 0 Å². The number of benzene rings is 1. The van der Waals surface area contributed by atoms with E-state index >= 15 is 0 Å². The van der Waals surface area contributed by atoms with Gasteiger partial charge in [0.1, 0.15) is 11.4 Å². The van der Waals surface area contributed by atoms with E-state index in [0.29, 0.717) is 30.0 Å². The van der Waals surface area contributed by atoms with Gasteiger partial charge < -0.3 is 9.84 Å². The van der Waals surface area contributed by atoms with E-state index in [4.69, 9.17) is 4.52 Å². The molecule has 7 nitrogen and oxygen atoms in total. The predicted molar refractivity (Wildman–Crippen MR) is 110 cm³/mol. The molecule has 1 aromatic carbocycles. The summed E-state index contributed by atoms with van der Waals surface area (Å²) in [5.41, 5.74) is 1.40. The van der Waals surface area contributed by atoms with Crippen LogP contribution >= 0.6 is 0 Å². The lowest BCUT2D eigenvalue weighted by Gasteiger charge is -2.24. The van der Waals surface area contributed by atoms with Crippen LogP contribution in [0.4, 0.5) is 5.69 Å². The molecule has 0 saturated heterocycles. The topological polar surface area (TPSA) is 101 Å². The second kappa shape index (κ2) is 8.70. The number of anilines is 1. The molecular weight excluding hydrogens is 378 g/mol. The quantitative estimate of drug-likeness (QED) is 0.692. The Morgan fingerprint density at radius 2 is 1.82 bits per heavy atom. The number of carbonyl (C=O) groups excluding carboxylic acids is 1. The highest BCUT2D eigenvalue weighted by atomic mass is 32.2. The molecule has 0 saturated carbocycles. The highest BCUT2D eigenvalue weighted by Crippen LogP contribution is 2.23. The van der Waals surface area contributed by atoms with Crippen molar-refractivity contribution in [3.05, 3.63) is 41.3 Å². The Morgan fingerprint density at radius 1 is 1.18 bits per heavy atom. The minimum absolute atomic E-state index is 0.127. The van der Waals surface area contributed by atoms with Gasteiger partial charge in [0, 0.05) is 12.0 Å². The van der Waals surface area contributed by atoms with Crippen LogP contribution in [-0.4, -0.2) is 25.0 Å². The van der Waals surface area contributed by atoms with Crippen LogP contribution in [0.5, 0.6) is 0 Å². The summed E-state index contributed by atoms with van der Waals surface area (Å²) >= 11 is 0. The molecule has 0 fully saturated rings. The summed E-state index contributed by atoms with van der Waals surface area (Å²) in [7, 11) is -3.58. The fraction of sp³-hybridized carbons (Fsp3) is 0.400. The van der Waals surface area contributed by atoms with Crippen molar-refractivity contribution in [2.24, 2.45) is 0 Å². The first-order chi connectivity index (χ1) is 13.1. The maximum atomic E-state index is 12.5. The van der Waals surface area contributed by atoms with Gasteiger partial charge >= 0.3 is 0 Å². The fourth-order valence-corrected chi connectivity index (χ4v) is 3.79. The Balaban J connectivity index is 2.18. The van der Waals surface area contributed by atoms with Crippen molar-refractivity contribution in [2.75, 3.05) is 5.32 Å². The molecule has 0 radical (unpaired) electrons. The van der Waals surface area contributed by atoms with E-state index < -0.39 is 15.6 Å². The zero-order valence-corrected chi connectivity index (χ0v) is 17.7. The maximum absolute atomic E-state index is 12.5. The summed E-state index contributed by atoms with van der Waals surface area (Å²) in [6.45, 7) is 9.13. The Hall–Kier alpha value is -2.45. The van der Waals surface area contributed by atoms with E-state index in [-0.39, 0.29) is 10.8 Å². The summed E-state index contributed by atoms with van der Waals surface area (Å²) in [4.78, 5) is 11.8. The molecule has 0 aliphatic heterocycles. The van der Waals surface area contributed by atoms with Crippen LogP contribution in [0, 0.1) is 6.92 Å². The van der Waals surface area contributed by atoms with Crippen LogP contribution in [0.3, 0.4) is 0 Å². The minimum Gasteiger partial charge on any atom is -0.354 e. The zero-order chi connectivity index (χ0) is 20.9. The summed E-state index contributed by atoms with van der Waals surface area (Å²) in [6, 6.07) is 6.52. The number of aromatic nitrogens is 1. The average Bonchev–Trinajstić information content (AvgIpc) is 2.99. The fourth-order valence-electron chi connectivity index (χ4n) is 2.31. The van der Waals surface area contributed by atoms with Crippen molar-refractivity contribution in [3.8, 4) is 0 Å². The third-order valence-corrected chi connectivity index (χ3v) is 6.10. The van der Waals surface area contributed by atoms with Crippen molar-refractivity contribution in [3.63, 3.8) is 0 Å². The SMILES string of the molecule is CCC(=O)Nc1c(C)noc1/C=C\c1ccc(S(=O)(=O)NC(C)(C)CC)cc1. The van der Waals surface area contributed by atoms with Gasteiger partial charge in [-0.1, -0.05) is 37.2 Å². The van der Waals surface area contributed by atoms with Gasteiger partial charge in [0.25, 0.3) is 0 Å². The molecular formula is C20H27N3O4S. The maximum Gasteiger partial charge on any atom is 0.241 e. The first-order valence-electron chi connectivity index (χ1n) is 9.16. The molecule has 2 rings (SSSR count). The monoisotopic (exact) mass is 405 g/mol. The molecule has 0 spiro atoms. The number of sulfonamides is 1. The highest BCUT2D eigenvalue weighted by Gasteiger charge is 2.24. The molecule has 0 aliphatic carbocycles. The van der Waals surface area contributed by atoms with Gasteiger partial charge in [-0.15, -0.1) is 0 Å². The van der Waals surface area contributed by atoms with Gasteiger partial charge in [-0.3, -0.25) is 4.79 Å². The Bertz CT molecular complexity index is 958. The van der Waals surface area contributed by atoms with Gasteiger partial charge in [-0.2, -0.15) is 0 Å². The number of hydrogen-bond acceptors (Lipinski definition) is 5. The first-order valence-corrected chi connectivity index (χ1v) is 10.6. The second-order valence-electron chi connectivity index (χ2n) is 7.15. The highest BCUT2D eigenvalue weighted by molar-refractivity contribution is 7.89. The number of carbonyl (C=O) groups is 1. The zero-order valence-electron chi connectivity index (χ0n) is 16.9. The van der Waals surface area contributed by atoms with Crippen molar-refractivity contribution in [1.82, 2.24) is 9.88 Å².